The van der Waals surface area contributed by atoms with Gasteiger partial charge in [0.1, 0.15) is 21.1 Å². The van der Waals surface area contributed by atoms with Crippen molar-refractivity contribution >= 4 is 39.3 Å². The van der Waals surface area contributed by atoms with E-state index in [9.17, 15) is 9.59 Å². The van der Waals surface area contributed by atoms with Crippen LogP contribution in [-0.4, -0.2) is 38.3 Å². The molecule has 0 radical (unpaired) electrons. The summed E-state index contributed by atoms with van der Waals surface area (Å²) in [6.07, 6.45) is 1.45. The molecule has 3 heterocycles. The van der Waals surface area contributed by atoms with Gasteiger partial charge in [-0.2, -0.15) is 5.10 Å². The highest BCUT2D eigenvalue weighted by atomic mass is 32.1. The molecule has 0 atom stereocenters. The van der Waals surface area contributed by atoms with E-state index in [-0.39, 0.29) is 24.9 Å². The minimum atomic E-state index is -0.516. The van der Waals surface area contributed by atoms with Gasteiger partial charge in [0.05, 0.1) is 18.2 Å². The number of nitrogens with zero attached hydrogens (tertiary/aromatic N) is 4. The summed E-state index contributed by atoms with van der Waals surface area (Å²) in [6, 6.07) is 0. The van der Waals surface area contributed by atoms with Crippen LogP contribution in [0.4, 0.5) is 5.82 Å². The monoisotopic (exact) mass is 389 g/mol. The SMILES string of the molecule is CCOC(=O)c1sc2nc(COC(=O)c3cnn(C)c3C)nc(N)c2c1C. The van der Waals surface area contributed by atoms with Crippen molar-refractivity contribution in [1.82, 2.24) is 19.7 Å². The summed E-state index contributed by atoms with van der Waals surface area (Å²) < 4.78 is 11.9. The lowest BCUT2D eigenvalue weighted by Crippen LogP contribution is -2.09. The molecule has 0 saturated carbocycles. The maximum atomic E-state index is 12.2. The first-order valence-corrected chi connectivity index (χ1v) is 9.03. The molecule has 3 aromatic heterocycles. The van der Waals surface area contributed by atoms with Gasteiger partial charge in [0.2, 0.25) is 0 Å². The van der Waals surface area contributed by atoms with E-state index in [1.165, 1.54) is 17.5 Å². The zero-order chi connectivity index (χ0) is 19.7. The Balaban J connectivity index is 1.84. The zero-order valence-corrected chi connectivity index (χ0v) is 16.2. The van der Waals surface area contributed by atoms with Crippen LogP contribution in [0.3, 0.4) is 0 Å². The Bertz CT molecular complexity index is 1040. The molecule has 3 rings (SSSR count). The maximum absolute atomic E-state index is 12.2. The first-order chi connectivity index (χ1) is 12.8. The number of rotatable bonds is 5. The summed E-state index contributed by atoms with van der Waals surface area (Å²) in [5, 5.41) is 4.63. The number of nitrogen functional groups attached to an aromatic ring is 1. The number of hydrogen-bond acceptors (Lipinski definition) is 9. The number of hydrogen-bond donors (Lipinski definition) is 1. The van der Waals surface area contributed by atoms with Gasteiger partial charge in [0, 0.05) is 12.7 Å². The van der Waals surface area contributed by atoms with E-state index in [4.69, 9.17) is 15.2 Å². The van der Waals surface area contributed by atoms with Crippen molar-refractivity contribution < 1.29 is 19.1 Å². The van der Waals surface area contributed by atoms with Gasteiger partial charge in [0.25, 0.3) is 0 Å². The predicted octanol–water partition coefficient (Wildman–Crippen LogP) is 2.16. The fourth-order valence-electron chi connectivity index (χ4n) is 2.58. The molecule has 0 amide bonds. The van der Waals surface area contributed by atoms with Crippen molar-refractivity contribution in [2.24, 2.45) is 7.05 Å². The summed E-state index contributed by atoms with van der Waals surface area (Å²) in [4.78, 5) is 33.8. The van der Waals surface area contributed by atoms with Crippen LogP contribution in [0.15, 0.2) is 6.20 Å². The number of fused-ring (bicyclic) bond motifs is 1. The minimum absolute atomic E-state index is 0.140. The van der Waals surface area contributed by atoms with E-state index in [2.05, 4.69) is 15.1 Å². The van der Waals surface area contributed by atoms with Gasteiger partial charge in [-0.1, -0.05) is 0 Å². The van der Waals surface area contributed by atoms with Crippen LogP contribution >= 0.6 is 11.3 Å². The molecule has 10 heteroatoms. The number of thiophene rings is 1. The molecule has 2 N–H and O–H groups in total. The number of carbonyl (C=O) groups is 2. The molecule has 0 unspecified atom stereocenters. The Morgan fingerprint density at radius 1 is 1.22 bits per heavy atom. The molecule has 0 aliphatic heterocycles. The Kier molecular flexibility index (Phi) is 5.08. The van der Waals surface area contributed by atoms with Gasteiger partial charge in [0.15, 0.2) is 12.4 Å². The molecule has 0 fully saturated rings. The summed E-state index contributed by atoms with van der Waals surface area (Å²) >= 11 is 1.18. The van der Waals surface area contributed by atoms with Crippen molar-refractivity contribution in [2.75, 3.05) is 12.3 Å². The molecule has 3 aromatic rings. The minimum Gasteiger partial charge on any atom is -0.462 e. The van der Waals surface area contributed by atoms with Gasteiger partial charge < -0.3 is 15.2 Å². The first-order valence-electron chi connectivity index (χ1n) is 8.21. The van der Waals surface area contributed by atoms with Crippen molar-refractivity contribution in [3.63, 3.8) is 0 Å². The highest BCUT2D eigenvalue weighted by Gasteiger charge is 2.21. The fourth-order valence-corrected chi connectivity index (χ4v) is 3.68. The number of aryl methyl sites for hydroxylation is 2. The summed E-state index contributed by atoms with van der Waals surface area (Å²) in [7, 11) is 1.74. The highest BCUT2D eigenvalue weighted by Crippen LogP contribution is 2.33. The van der Waals surface area contributed by atoms with Gasteiger partial charge in [-0.15, -0.1) is 11.3 Å². The van der Waals surface area contributed by atoms with Crippen molar-refractivity contribution in [3.8, 4) is 0 Å². The standard InChI is InChI=1S/C17H19N5O4S/c1-5-25-17(24)13-8(2)12-14(18)20-11(21-15(12)27-13)7-26-16(23)10-6-19-22(4)9(10)3/h6H,5,7H2,1-4H3,(H2,18,20,21). The molecule has 0 aliphatic rings. The van der Waals surface area contributed by atoms with E-state index < -0.39 is 11.9 Å². The van der Waals surface area contributed by atoms with E-state index in [0.717, 1.165) is 0 Å². The Hall–Kier alpha value is -3.01. The van der Waals surface area contributed by atoms with Crippen LogP contribution in [0.25, 0.3) is 10.2 Å². The highest BCUT2D eigenvalue weighted by molar-refractivity contribution is 7.20. The van der Waals surface area contributed by atoms with Crippen LogP contribution in [-0.2, 0) is 23.1 Å². The van der Waals surface area contributed by atoms with Gasteiger partial charge in [-0.25, -0.2) is 19.6 Å². The van der Waals surface area contributed by atoms with E-state index >= 15 is 0 Å². The third kappa shape index (κ3) is 3.47. The fraction of sp³-hybridized carbons (Fsp3) is 0.353. The predicted molar refractivity (Wildman–Crippen MR) is 99.6 cm³/mol. The topological polar surface area (TPSA) is 122 Å². The smallest absolute Gasteiger partial charge is 0.348 e. The van der Waals surface area contributed by atoms with E-state index in [1.807, 2.05) is 0 Å². The quantitative estimate of drug-likeness (QED) is 0.659. The van der Waals surface area contributed by atoms with E-state index in [0.29, 0.717) is 31.9 Å². The van der Waals surface area contributed by atoms with Crippen LogP contribution in [0, 0.1) is 13.8 Å². The summed E-state index contributed by atoms with van der Waals surface area (Å²) in [5.41, 5.74) is 7.80. The van der Waals surface area contributed by atoms with Crippen molar-refractivity contribution in [2.45, 2.75) is 27.4 Å². The average molecular weight is 389 g/mol. The molecule has 0 saturated heterocycles. The van der Waals surface area contributed by atoms with Crippen LogP contribution in [0.1, 0.15) is 44.0 Å². The number of carbonyl (C=O) groups excluding carboxylic acids is 2. The molecule has 0 aliphatic carbocycles. The van der Waals surface area contributed by atoms with Crippen LogP contribution in [0.2, 0.25) is 0 Å². The second-order valence-corrected chi connectivity index (χ2v) is 6.82. The zero-order valence-electron chi connectivity index (χ0n) is 15.4. The molecular formula is C17H19N5O4S. The Labute approximate surface area is 159 Å². The third-order valence-electron chi connectivity index (χ3n) is 4.11. The van der Waals surface area contributed by atoms with Crippen LogP contribution < -0.4 is 5.73 Å². The number of aromatic nitrogens is 4. The van der Waals surface area contributed by atoms with Crippen molar-refractivity contribution in [1.29, 1.82) is 0 Å². The number of anilines is 1. The van der Waals surface area contributed by atoms with Gasteiger partial charge in [-0.3, -0.25) is 4.68 Å². The third-order valence-corrected chi connectivity index (χ3v) is 5.28. The second kappa shape index (κ2) is 7.31. The molecule has 0 spiro atoms. The van der Waals surface area contributed by atoms with Crippen LogP contribution in [0.5, 0.6) is 0 Å². The lowest BCUT2D eigenvalue weighted by Gasteiger charge is -2.05. The number of ether oxygens (including phenoxy) is 2. The molecule has 9 nitrogen and oxygen atoms in total. The lowest BCUT2D eigenvalue weighted by molar-refractivity contribution is 0.0460. The summed E-state index contributed by atoms with van der Waals surface area (Å²) in [6.45, 7) is 5.43. The average Bonchev–Trinajstić information content (AvgIpc) is 3.13. The number of esters is 2. The normalized spacial score (nSPS) is 11.0. The summed E-state index contributed by atoms with van der Waals surface area (Å²) in [5.74, 6) is -0.450. The Morgan fingerprint density at radius 3 is 2.59 bits per heavy atom. The molecule has 0 aromatic carbocycles. The first kappa shape index (κ1) is 18.8. The Morgan fingerprint density at radius 2 is 1.96 bits per heavy atom. The van der Waals surface area contributed by atoms with Gasteiger partial charge >= 0.3 is 11.9 Å². The molecule has 0 bridgehead atoms. The number of nitrogens with two attached hydrogens (primary N) is 1. The van der Waals surface area contributed by atoms with E-state index in [1.54, 1.807) is 32.5 Å². The van der Waals surface area contributed by atoms with Crippen molar-refractivity contribution in [3.05, 3.63) is 33.7 Å². The molecule has 27 heavy (non-hydrogen) atoms. The van der Waals surface area contributed by atoms with Gasteiger partial charge in [-0.05, 0) is 26.3 Å². The largest absolute Gasteiger partial charge is 0.462 e. The maximum Gasteiger partial charge on any atom is 0.348 e. The second-order valence-electron chi connectivity index (χ2n) is 5.83. The molecule has 142 valence electrons. The lowest BCUT2D eigenvalue weighted by atomic mass is 10.2. The molecular weight excluding hydrogens is 370 g/mol.